The average molecular weight is 378 g/mol. The molecular formula is C17H13Cl2N3O3. The highest BCUT2D eigenvalue weighted by Gasteiger charge is 2.15. The Balaban J connectivity index is 2.05. The van der Waals surface area contributed by atoms with Crippen molar-refractivity contribution in [3.63, 3.8) is 0 Å². The highest BCUT2D eigenvalue weighted by Crippen LogP contribution is 2.23. The molecule has 0 aliphatic rings. The minimum absolute atomic E-state index is 0.0538. The van der Waals surface area contributed by atoms with E-state index in [1.54, 1.807) is 18.2 Å². The third kappa shape index (κ3) is 4.82. The van der Waals surface area contributed by atoms with Gasteiger partial charge in [0, 0.05) is 11.3 Å². The maximum atomic E-state index is 12.1. The van der Waals surface area contributed by atoms with Gasteiger partial charge in [0.25, 0.3) is 11.8 Å². The predicted molar refractivity (Wildman–Crippen MR) is 96.7 cm³/mol. The van der Waals surface area contributed by atoms with E-state index in [0.717, 1.165) is 6.08 Å². The van der Waals surface area contributed by atoms with Crippen LogP contribution < -0.4 is 16.2 Å². The Labute approximate surface area is 153 Å². The first-order chi connectivity index (χ1) is 11.9. The van der Waals surface area contributed by atoms with Crippen LogP contribution in [0.25, 0.3) is 0 Å². The number of rotatable bonds is 4. The predicted octanol–water partition coefficient (Wildman–Crippen LogP) is 3.19. The number of amides is 3. The topological polar surface area (TPSA) is 87.3 Å². The largest absolute Gasteiger partial charge is 0.323 e. The van der Waals surface area contributed by atoms with E-state index in [9.17, 15) is 14.4 Å². The molecule has 0 aliphatic carbocycles. The number of hydrogen-bond donors (Lipinski definition) is 3. The number of hydrazine groups is 1. The second-order valence-electron chi connectivity index (χ2n) is 4.78. The van der Waals surface area contributed by atoms with Crippen LogP contribution in [-0.2, 0) is 4.79 Å². The summed E-state index contributed by atoms with van der Waals surface area (Å²) < 4.78 is 0. The van der Waals surface area contributed by atoms with Gasteiger partial charge in [-0.25, -0.2) is 0 Å². The normalized spacial score (nSPS) is 9.84. The second kappa shape index (κ2) is 8.32. The molecule has 0 saturated carbocycles. The van der Waals surface area contributed by atoms with Crippen LogP contribution in [0.4, 0.5) is 5.69 Å². The molecular weight excluding hydrogens is 365 g/mol. The number of hydrogen-bond acceptors (Lipinski definition) is 3. The average Bonchev–Trinajstić information content (AvgIpc) is 2.59. The van der Waals surface area contributed by atoms with Crippen LogP contribution in [0.2, 0.25) is 10.0 Å². The van der Waals surface area contributed by atoms with E-state index < -0.39 is 17.7 Å². The highest BCUT2D eigenvalue weighted by molar-refractivity contribution is 6.39. The molecule has 0 unspecified atom stereocenters. The molecule has 128 valence electrons. The van der Waals surface area contributed by atoms with Gasteiger partial charge < -0.3 is 5.32 Å². The molecule has 0 saturated heterocycles. The summed E-state index contributed by atoms with van der Waals surface area (Å²) in [5.74, 6) is -1.63. The monoisotopic (exact) mass is 377 g/mol. The van der Waals surface area contributed by atoms with Gasteiger partial charge in [-0.15, -0.1) is 0 Å². The molecule has 0 aliphatic heterocycles. The van der Waals surface area contributed by atoms with Crippen LogP contribution in [0.15, 0.2) is 55.1 Å². The number of carbonyl (C=O) groups is 3. The van der Waals surface area contributed by atoms with Crippen molar-refractivity contribution in [3.8, 4) is 0 Å². The molecule has 2 aromatic rings. The fourth-order valence-corrected chi connectivity index (χ4v) is 2.46. The summed E-state index contributed by atoms with van der Waals surface area (Å²) in [4.78, 5) is 35.5. The van der Waals surface area contributed by atoms with Gasteiger partial charge in [0.2, 0.25) is 5.91 Å². The first-order valence-electron chi connectivity index (χ1n) is 7.00. The number of benzene rings is 2. The van der Waals surface area contributed by atoms with Crippen molar-refractivity contribution < 1.29 is 14.4 Å². The summed E-state index contributed by atoms with van der Waals surface area (Å²) in [6.45, 7) is 3.35. The van der Waals surface area contributed by atoms with E-state index in [2.05, 4.69) is 22.7 Å². The Morgan fingerprint density at radius 1 is 0.920 bits per heavy atom. The van der Waals surface area contributed by atoms with Crippen LogP contribution >= 0.6 is 23.2 Å². The molecule has 25 heavy (non-hydrogen) atoms. The van der Waals surface area contributed by atoms with Crippen LogP contribution in [0.5, 0.6) is 0 Å². The van der Waals surface area contributed by atoms with Crippen LogP contribution in [0, 0.1) is 0 Å². The Kier molecular flexibility index (Phi) is 6.16. The van der Waals surface area contributed by atoms with Gasteiger partial charge in [0.15, 0.2) is 0 Å². The van der Waals surface area contributed by atoms with E-state index in [1.165, 1.54) is 24.3 Å². The Hall–Kier alpha value is -2.83. The highest BCUT2D eigenvalue weighted by atomic mass is 35.5. The van der Waals surface area contributed by atoms with Gasteiger partial charge in [-0.1, -0.05) is 41.9 Å². The fourth-order valence-electron chi connectivity index (χ4n) is 1.89. The van der Waals surface area contributed by atoms with E-state index in [0.29, 0.717) is 5.69 Å². The van der Waals surface area contributed by atoms with Crippen LogP contribution in [0.1, 0.15) is 20.7 Å². The Morgan fingerprint density at radius 2 is 1.52 bits per heavy atom. The SMILES string of the molecule is C=CC(=O)Nc1cccc(C(=O)NNC(=O)c2c(Cl)cccc2Cl)c1. The quantitative estimate of drug-likeness (QED) is 0.564. The van der Waals surface area contributed by atoms with Gasteiger partial charge in [0.05, 0.1) is 15.6 Å². The molecule has 0 spiro atoms. The van der Waals surface area contributed by atoms with Crippen molar-refractivity contribution >= 4 is 46.6 Å². The molecule has 3 amide bonds. The molecule has 0 radical (unpaired) electrons. The van der Waals surface area contributed by atoms with E-state index in [1.807, 2.05) is 0 Å². The zero-order valence-electron chi connectivity index (χ0n) is 12.8. The summed E-state index contributed by atoms with van der Waals surface area (Å²) in [5, 5.41) is 2.85. The first-order valence-corrected chi connectivity index (χ1v) is 7.76. The van der Waals surface area contributed by atoms with Crippen molar-refractivity contribution in [2.45, 2.75) is 0 Å². The number of halogens is 2. The molecule has 0 bridgehead atoms. The van der Waals surface area contributed by atoms with Gasteiger partial charge in [0.1, 0.15) is 0 Å². The lowest BCUT2D eigenvalue weighted by molar-refractivity contribution is -0.111. The Morgan fingerprint density at radius 3 is 2.16 bits per heavy atom. The third-order valence-corrected chi connectivity index (χ3v) is 3.69. The minimum atomic E-state index is -0.653. The minimum Gasteiger partial charge on any atom is -0.323 e. The summed E-state index contributed by atoms with van der Waals surface area (Å²) in [5.41, 5.74) is 5.19. The summed E-state index contributed by atoms with van der Waals surface area (Å²) >= 11 is 11.9. The maximum Gasteiger partial charge on any atom is 0.272 e. The molecule has 0 aromatic heterocycles. The zero-order valence-corrected chi connectivity index (χ0v) is 14.3. The lowest BCUT2D eigenvalue weighted by atomic mass is 10.2. The maximum absolute atomic E-state index is 12.1. The molecule has 8 heteroatoms. The summed E-state index contributed by atoms with van der Waals surface area (Å²) in [6, 6.07) is 10.8. The lowest BCUT2D eigenvalue weighted by Gasteiger charge is -2.10. The molecule has 0 atom stereocenters. The molecule has 2 aromatic carbocycles. The standard InChI is InChI=1S/C17H13Cl2N3O3/c1-2-14(23)20-11-6-3-5-10(9-11)16(24)21-22-17(25)15-12(18)7-4-8-13(15)19/h2-9H,1H2,(H,20,23)(H,21,24)(H,22,25). The van der Waals surface area contributed by atoms with Crippen molar-refractivity contribution in [2.75, 3.05) is 5.32 Å². The van der Waals surface area contributed by atoms with E-state index in [4.69, 9.17) is 23.2 Å². The Bertz CT molecular complexity index is 833. The lowest BCUT2D eigenvalue weighted by Crippen LogP contribution is -2.41. The van der Waals surface area contributed by atoms with Crippen LogP contribution in [-0.4, -0.2) is 17.7 Å². The second-order valence-corrected chi connectivity index (χ2v) is 5.59. The van der Waals surface area contributed by atoms with Crippen LogP contribution in [0.3, 0.4) is 0 Å². The van der Waals surface area contributed by atoms with E-state index in [-0.39, 0.29) is 21.2 Å². The smallest absolute Gasteiger partial charge is 0.272 e. The first kappa shape index (κ1) is 18.5. The number of anilines is 1. The van der Waals surface area contributed by atoms with Gasteiger partial charge in [-0.2, -0.15) is 0 Å². The zero-order chi connectivity index (χ0) is 18.4. The number of nitrogens with one attached hydrogen (secondary N) is 3. The van der Waals surface area contributed by atoms with Gasteiger partial charge in [-0.3, -0.25) is 25.2 Å². The summed E-state index contributed by atoms with van der Waals surface area (Å²) in [7, 11) is 0. The number of carbonyl (C=O) groups excluding carboxylic acids is 3. The van der Waals surface area contributed by atoms with Crippen molar-refractivity contribution in [3.05, 3.63) is 76.3 Å². The molecule has 3 N–H and O–H groups in total. The third-order valence-electron chi connectivity index (χ3n) is 3.06. The molecule has 2 rings (SSSR count). The summed E-state index contributed by atoms with van der Waals surface area (Å²) in [6.07, 6.45) is 1.11. The van der Waals surface area contributed by atoms with Crippen molar-refractivity contribution in [1.82, 2.24) is 10.9 Å². The molecule has 6 nitrogen and oxygen atoms in total. The van der Waals surface area contributed by atoms with E-state index >= 15 is 0 Å². The van der Waals surface area contributed by atoms with Gasteiger partial charge >= 0.3 is 0 Å². The van der Waals surface area contributed by atoms with Gasteiger partial charge in [-0.05, 0) is 36.4 Å². The molecule has 0 fully saturated rings. The molecule has 0 heterocycles. The van der Waals surface area contributed by atoms with Crippen molar-refractivity contribution in [1.29, 1.82) is 0 Å². The van der Waals surface area contributed by atoms with Crippen molar-refractivity contribution in [2.24, 2.45) is 0 Å². The fraction of sp³-hybridized carbons (Fsp3) is 0.